The summed E-state index contributed by atoms with van der Waals surface area (Å²) < 4.78 is 8.41. The first-order valence-electron chi connectivity index (χ1n) is 7.35. The van der Waals surface area contributed by atoms with Crippen LogP contribution >= 0.6 is 27.3 Å². The van der Waals surface area contributed by atoms with Crippen molar-refractivity contribution in [3.63, 3.8) is 0 Å². The smallest absolute Gasteiger partial charge is 0.129 e. The zero-order valence-corrected chi connectivity index (χ0v) is 14.0. The number of benzene rings is 1. The van der Waals surface area contributed by atoms with Gasteiger partial charge in [-0.15, -0.1) is 11.3 Å². The summed E-state index contributed by atoms with van der Waals surface area (Å²) in [7, 11) is 0. The summed E-state index contributed by atoms with van der Waals surface area (Å²) in [6.07, 6.45) is 5.13. The zero-order valence-electron chi connectivity index (χ0n) is 11.6. The lowest BCUT2D eigenvalue weighted by atomic mass is 10.2. The van der Waals surface area contributed by atoms with Crippen LogP contribution < -0.4 is 4.74 Å². The molecule has 20 heavy (non-hydrogen) atoms. The number of hydrogen-bond donors (Lipinski definition) is 0. The van der Waals surface area contributed by atoms with Gasteiger partial charge in [0.05, 0.1) is 6.61 Å². The number of thiophene rings is 1. The minimum absolute atomic E-state index is 0.815. The van der Waals surface area contributed by atoms with Crippen molar-refractivity contribution in [2.75, 3.05) is 26.2 Å². The molecule has 1 aromatic carbocycles. The summed E-state index contributed by atoms with van der Waals surface area (Å²) in [5.74, 6) is 1.01. The summed E-state index contributed by atoms with van der Waals surface area (Å²) in [6, 6.07) is 6.29. The number of halogens is 1. The van der Waals surface area contributed by atoms with Crippen LogP contribution in [0.5, 0.6) is 5.75 Å². The Morgan fingerprint density at radius 1 is 1.20 bits per heavy atom. The molecule has 1 fully saturated rings. The van der Waals surface area contributed by atoms with Crippen LogP contribution in [0, 0.1) is 0 Å². The van der Waals surface area contributed by atoms with Crippen molar-refractivity contribution >= 4 is 37.4 Å². The van der Waals surface area contributed by atoms with E-state index < -0.39 is 0 Å². The number of unbranched alkanes of at least 4 members (excludes halogenated alkanes) is 1. The highest BCUT2D eigenvalue weighted by Crippen LogP contribution is 2.36. The standard InChI is InChI=1S/C16H20BrNOS/c17-13-12-20-15-7-5-6-14(16(13)15)19-11-4-3-10-18-8-1-2-9-18/h5-7,12H,1-4,8-11H2. The summed E-state index contributed by atoms with van der Waals surface area (Å²) in [5, 5.41) is 3.35. The first-order chi connectivity index (χ1) is 9.84. The molecule has 3 rings (SSSR count). The van der Waals surface area contributed by atoms with Crippen molar-refractivity contribution in [2.45, 2.75) is 25.7 Å². The highest BCUT2D eigenvalue weighted by atomic mass is 79.9. The Kier molecular flexibility index (Phi) is 4.97. The van der Waals surface area contributed by atoms with E-state index in [1.807, 2.05) is 0 Å². The van der Waals surface area contributed by atoms with Crippen LogP contribution in [-0.2, 0) is 0 Å². The average Bonchev–Trinajstić information content (AvgIpc) is 3.09. The molecule has 4 heteroatoms. The lowest BCUT2D eigenvalue weighted by molar-refractivity contribution is 0.281. The fourth-order valence-corrected chi connectivity index (χ4v) is 4.42. The second kappa shape index (κ2) is 6.92. The van der Waals surface area contributed by atoms with E-state index in [9.17, 15) is 0 Å². The van der Waals surface area contributed by atoms with Gasteiger partial charge in [-0.25, -0.2) is 0 Å². The fraction of sp³-hybridized carbons (Fsp3) is 0.500. The molecule has 0 unspecified atom stereocenters. The summed E-state index contributed by atoms with van der Waals surface area (Å²) in [5.41, 5.74) is 0. The van der Waals surface area contributed by atoms with Crippen LogP contribution in [0.3, 0.4) is 0 Å². The second-order valence-corrected chi connectivity index (χ2v) is 7.08. The van der Waals surface area contributed by atoms with Crippen LogP contribution in [0.25, 0.3) is 10.1 Å². The SMILES string of the molecule is Brc1csc2cccc(OCCCCN3CCCC3)c12. The third-order valence-electron chi connectivity index (χ3n) is 3.84. The van der Waals surface area contributed by atoms with E-state index >= 15 is 0 Å². The Labute approximate surface area is 132 Å². The third-order valence-corrected chi connectivity index (χ3v) is 5.72. The van der Waals surface area contributed by atoms with Crippen molar-refractivity contribution in [1.29, 1.82) is 0 Å². The first kappa shape index (κ1) is 14.4. The molecule has 2 nitrogen and oxygen atoms in total. The van der Waals surface area contributed by atoms with E-state index in [4.69, 9.17) is 4.74 Å². The van der Waals surface area contributed by atoms with Crippen LogP contribution in [0.15, 0.2) is 28.1 Å². The fourth-order valence-electron chi connectivity index (χ4n) is 2.76. The van der Waals surface area contributed by atoms with Gasteiger partial charge < -0.3 is 9.64 Å². The second-order valence-electron chi connectivity index (χ2n) is 5.32. The molecule has 0 atom stereocenters. The lowest BCUT2D eigenvalue weighted by Crippen LogP contribution is -2.20. The molecule has 0 radical (unpaired) electrons. The van der Waals surface area contributed by atoms with Crippen LogP contribution in [0.2, 0.25) is 0 Å². The number of fused-ring (bicyclic) bond motifs is 1. The molecule has 0 amide bonds. The molecule has 1 aliphatic rings. The van der Waals surface area contributed by atoms with Crippen molar-refractivity contribution < 1.29 is 4.74 Å². The molecule has 108 valence electrons. The number of nitrogens with zero attached hydrogens (tertiary/aromatic N) is 1. The molecule has 0 saturated carbocycles. The summed E-state index contributed by atoms with van der Waals surface area (Å²) in [6.45, 7) is 4.63. The molecular weight excluding hydrogens is 334 g/mol. The zero-order chi connectivity index (χ0) is 13.8. The van der Waals surface area contributed by atoms with Gasteiger partial charge in [0.15, 0.2) is 0 Å². The third kappa shape index (κ3) is 3.35. The average molecular weight is 354 g/mol. The van der Waals surface area contributed by atoms with Gasteiger partial charge in [-0.1, -0.05) is 6.07 Å². The van der Waals surface area contributed by atoms with E-state index in [1.54, 1.807) is 11.3 Å². The van der Waals surface area contributed by atoms with Crippen LogP contribution in [0.1, 0.15) is 25.7 Å². The Morgan fingerprint density at radius 3 is 2.90 bits per heavy atom. The Hall–Kier alpha value is -0.580. The summed E-state index contributed by atoms with van der Waals surface area (Å²) >= 11 is 5.36. The van der Waals surface area contributed by atoms with Gasteiger partial charge in [0.2, 0.25) is 0 Å². The molecule has 0 bridgehead atoms. The van der Waals surface area contributed by atoms with Crippen molar-refractivity contribution in [2.24, 2.45) is 0 Å². The van der Waals surface area contributed by atoms with Crippen LogP contribution in [0.4, 0.5) is 0 Å². The molecule has 0 aliphatic carbocycles. The number of hydrogen-bond acceptors (Lipinski definition) is 3. The van der Waals surface area contributed by atoms with E-state index in [2.05, 4.69) is 44.4 Å². The quantitative estimate of drug-likeness (QED) is 0.683. The lowest BCUT2D eigenvalue weighted by Gasteiger charge is -2.14. The van der Waals surface area contributed by atoms with Gasteiger partial charge in [0.25, 0.3) is 0 Å². The Balaban J connectivity index is 1.48. The highest BCUT2D eigenvalue weighted by molar-refractivity contribution is 9.10. The van der Waals surface area contributed by atoms with E-state index in [-0.39, 0.29) is 0 Å². The number of likely N-dealkylation sites (tertiary alicyclic amines) is 1. The minimum Gasteiger partial charge on any atom is -0.493 e. The predicted molar refractivity (Wildman–Crippen MR) is 89.9 cm³/mol. The molecule has 0 spiro atoms. The molecule has 2 aromatic rings. The molecule has 1 saturated heterocycles. The molecule has 1 aromatic heterocycles. The van der Waals surface area contributed by atoms with Gasteiger partial charge >= 0.3 is 0 Å². The molecular formula is C16H20BrNOS. The maximum absolute atomic E-state index is 5.98. The Morgan fingerprint density at radius 2 is 2.05 bits per heavy atom. The van der Waals surface area contributed by atoms with Gasteiger partial charge in [-0.2, -0.15) is 0 Å². The monoisotopic (exact) mass is 353 g/mol. The van der Waals surface area contributed by atoms with Gasteiger partial charge in [-0.05, 0) is 73.4 Å². The van der Waals surface area contributed by atoms with E-state index in [0.717, 1.165) is 23.2 Å². The number of ether oxygens (including phenoxy) is 1. The van der Waals surface area contributed by atoms with Gasteiger partial charge in [-0.3, -0.25) is 0 Å². The minimum atomic E-state index is 0.815. The van der Waals surface area contributed by atoms with Gasteiger partial charge in [0.1, 0.15) is 5.75 Å². The molecule has 0 N–H and O–H groups in total. The maximum Gasteiger partial charge on any atom is 0.129 e. The highest BCUT2D eigenvalue weighted by Gasteiger charge is 2.11. The predicted octanol–water partition coefficient (Wildman–Crippen LogP) is 4.92. The molecule has 1 aliphatic heterocycles. The van der Waals surface area contributed by atoms with E-state index in [0.29, 0.717) is 0 Å². The maximum atomic E-state index is 5.98. The first-order valence-corrected chi connectivity index (χ1v) is 9.03. The molecule has 2 heterocycles. The summed E-state index contributed by atoms with van der Waals surface area (Å²) in [4.78, 5) is 2.57. The largest absolute Gasteiger partial charge is 0.493 e. The topological polar surface area (TPSA) is 12.5 Å². The van der Waals surface area contributed by atoms with Crippen LogP contribution in [-0.4, -0.2) is 31.1 Å². The van der Waals surface area contributed by atoms with Crippen molar-refractivity contribution in [3.05, 3.63) is 28.1 Å². The Bertz CT molecular complexity index is 563. The van der Waals surface area contributed by atoms with Crippen molar-refractivity contribution in [3.8, 4) is 5.75 Å². The van der Waals surface area contributed by atoms with Gasteiger partial charge in [0, 0.05) is 19.9 Å². The van der Waals surface area contributed by atoms with E-state index in [1.165, 1.54) is 49.0 Å². The normalized spacial score (nSPS) is 16.1. The number of rotatable bonds is 6. The van der Waals surface area contributed by atoms with Crippen molar-refractivity contribution in [1.82, 2.24) is 4.90 Å².